The number of rotatable bonds is 9. The molecule has 0 aromatic carbocycles. The van der Waals surface area contributed by atoms with E-state index in [0.29, 0.717) is 5.92 Å². The fourth-order valence-electron chi connectivity index (χ4n) is 1.59. The average molecular weight is 245 g/mol. The highest BCUT2D eigenvalue weighted by atomic mass is 16.4. The Bertz CT molecular complexity index is 230. The maximum absolute atomic E-state index is 8.76. The second kappa shape index (κ2) is 8.31. The SMILES string of the molecule is CC(CCO)CNCCCC(C)(C)C(N)=NO. The molecule has 5 N–H and O–H groups in total. The lowest BCUT2D eigenvalue weighted by Gasteiger charge is -2.22. The highest BCUT2D eigenvalue weighted by Crippen LogP contribution is 2.21. The van der Waals surface area contributed by atoms with E-state index in [1.165, 1.54) is 0 Å². The van der Waals surface area contributed by atoms with Gasteiger partial charge in [0.1, 0.15) is 5.84 Å². The van der Waals surface area contributed by atoms with Gasteiger partial charge in [0.2, 0.25) is 0 Å². The summed E-state index contributed by atoms with van der Waals surface area (Å²) >= 11 is 0. The number of amidine groups is 1. The maximum atomic E-state index is 8.76. The van der Waals surface area contributed by atoms with E-state index in [2.05, 4.69) is 17.4 Å². The van der Waals surface area contributed by atoms with Crippen LogP contribution in [0.1, 0.15) is 40.0 Å². The van der Waals surface area contributed by atoms with Crippen molar-refractivity contribution in [1.82, 2.24) is 5.32 Å². The summed E-state index contributed by atoms with van der Waals surface area (Å²) in [5, 5.41) is 23.8. The molecule has 0 heterocycles. The molecular weight excluding hydrogens is 218 g/mol. The van der Waals surface area contributed by atoms with Crippen LogP contribution < -0.4 is 11.1 Å². The molecule has 1 atom stereocenters. The van der Waals surface area contributed by atoms with E-state index in [-0.39, 0.29) is 17.9 Å². The van der Waals surface area contributed by atoms with Crippen LogP contribution in [0.25, 0.3) is 0 Å². The first-order valence-corrected chi connectivity index (χ1v) is 6.23. The molecule has 0 bridgehead atoms. The van der Waals surface area contributed by atoms with E-state index in [4.69, 9.17) is 16.0 Å². The van der Waals surface area contributed by atoms with Crippen LogP contribution in [0.3, 0.4) is 0 Å². The molecule has 0 aliphatic heterocycles. The summed E-state index contributed by atoms with van der Waals surface area (Å²) < 4.78 is 0. The molecule has 0 spiro atoms. The molecule has 0 saturated heterocycles. The van der Waals surface area contributed by atoms with Crippen LogP contribution in [0.15, 0.2) is 5.16 Å². The van der Waals surface area contributed by atoms with Gasteiger partial charge in [-0.05, 0) is 38.3 Å². The first-order chi connectivity index (χ1) is 7.94. The van der Waals surface area contributed by atoms with Crippen LogP contribution in [0.5, 0.6) is 0 Å². The molecular formula is C12H27N3O2. The number of oxime groups is 1. The molecule has 0 radical (unpaired) electrons. The van der Waals surface area contributed by atoms with Crippen molar-refractivity contribution in [3.63, 3.8) is 0 Å². The molecule has 0 saturated carbocycles. The Morgan fingerprint density at radius 2 is 2.12 bits per heavy atom. The number of nitrogens with one attached hydrogen (secondary N) is 1. The van der Waals surface area contributed by atoms with Crippen LogP contribution >= 0.6 is 0 Å². The number of hydrogen-bond donors (Lipinski definition) is 4. The van der Waals surface area contributed by atoms with Crippen molar-refractivity contribution in [3.05, 3.63) is 0 Å². The fourth-order valence-corrected chi connectivity index (χ4v) is 1.59. The quantitative estimate of drug-likeness (QED) is 0.161. The van der Waals surface area contributed by atoms with Gasteiger partial charge in [0.15, 0.2) is 0 Å². The lowest BCUT2D eigenvalue weighted by Crippen LogP contribution is -2.33. The standard InChI is InChI=1S/C12H27N3O2/c1-10(5-8-16)9-14-7-4-6-12(2,3)11(13)15-17/h10,14,16-17H,4-9H2,1-3H3,(H2,13,15). The summed E-state index contributed by atoms with van der Waals surface area (Å²) in [5.41, 5.74) is 5.35. The van der Waals surface area contributed by atoms with Crippen molar-refractivity contribution < 1.29 is 10.3 Å². The van der Waals surface area contributed by atoms with Gasteiger partial charge >= 0.3 is 0 Å². The lowest BCUT2D eigenvalue weighted by molar-refractivity contribution is 0.260. The van der Waals surface area contributed by atoms with E-state index >= 15 is 0 Å². The van der Waals surface area contributed by atoms with Gasteiger partial charge in [-0.1, -0.05) is 25.9 Å². The zero-order valence-corrected chi connectivity index (χ0v) is 11.2. The third-order valence-electron chi connectivity index (χ3n) is 3.07. The van der Waals surface area contributed by atoms with Crippen LogP contribution in [0.4, 0.5) is 0 Å². The van der Waals surface area contributed by atoms with Crippen LogP contribution in [0, 0.1) is 11.3 Å². The number of aliphatic hydroxyl groups is 1. The first kappa shape index (κ1) is 16.2. The third-order valence-corrected chi connectivity index (χ3v) is 3.07. The lowest BCUT2D eigenvalue weighted by atomic mass is 9.86. The van der Waals surface area contributed by atoms with Crippen molar-refractivity contribution >= 4 is 5.84 Å². The Balaban J connectivity index is 3.64. The summed E-state index contributed by atoms with van der Waals surface area (Å²) in [6.07, 6.45) is 2.70. The van der Waals surface area contributed by atoms with E-state index < -0.39 is 0 Å². The molecule has 102 valence electrons. The van der Waals surface area contributed by atoms with Crippen molar-refractivity contribution in [1.29, 1.82) is 0 Å². The summed E-state index contributed by atoms with van der Waals surface area (Å²) in [6, 6.07) is 0. The zero-order valence-electron chi connectivity index (χ0n) is 11.2. The Labute approximate surface area is 104 Å². The predicted octanol–water partition coefficient (Wildman–Crippen LogP) is 1.15. The van der Waals surface area contributed by atoms with E-state index in [1.54, 1.807) is 0 Å². The van der Waals surface area contributed by atoms with Crippen LogP contribution in [-0.4, -0.2) is 35.8 Å². The van der Waals surface area contributed by atoms with E-state index in [9.17, 15) is 0 Å². The smallest absolute Gasteiger partial charge is 0.144 e. The summed E-state index contributed by atoms with van der Waals surface area (Å²) in [4.78, 5) is 0. The van der Waals surface area contributed by atoms with Gasteiger partial charge in [-0.15, -0.1) is 0 Å². The van der Waals surface area contributed by atoms with Gasteiger partial charge in [-0.3, -0.25) is 0 Å². The minimum atomic E-state index is -0.257. The Morgan fingerprint density at radius 1 is 1.47 bits per heavy atom. The topological polar surface area (TPSA) is 90.9 Å². The summed E-state index contributed by atoms with van der Waals surface area (Å²) in [6.45, 7) is 8.14. The number of hydrogen-bond acceptors (Lipinski definition) is 4. The zero-order chi connectivity index (χ0) is 13.3. The van der Waals surface area contributed by atoms with Crippen molar-refractivity contribution in [3.8, 4) is 0 Å². The second-order valence-corrected chi connectivity index (χ2v) is 5.29. The van der Waals surface area contributed by atoms with Gasteiger partial charge in [0.05, 0.1) is 0 Å². The molecule has 5 heteroatoms. The molecule has 0 aliphatic rings. The average Bonchev–Trinajstić information content (AvgIpc) is 2.27. The van der Waals surface area contributed by atoms with Crippen LogP contribution in [-0.2, 0) is 0 Å². The molecule has 0 aliphatic carbocycles. The minimum absolute atomic E-state index is 0.249. The molecule has 0 aromatic rings. The largest absolute Gasteiger partial charge is 0.409 e. The van der Waals surface area contributed by atoms with Crippen molar-refractivity contribution in [2.75, 3.05) is 19.7 Å². The molecule has 5 nitrogen and oxygen atoms in total. The maximum Gasteiger partial charge on any atom is 0.144 e. The Hall–Kier alpha value is -0.810. The molecule has 17 heavy (non-hydrogen) atoms. The molecule has 0 aromatic heterocycles. The van der Waals surface area contributed by atoms with Gasteiger partial charge < -0.3 is 21.4 Å². The normalized spacial score (nSPS) is 14.9. The van der Waals surface area contributed by atoms with Gasteiger partial charge in [0, 0.05) is 12.0 Å². The molecule has 0 rings (SSSR count). The first-order valence-electron chi connectivity index (χ1n) is 6.23. The molecule has 0 fully saturated rings. The highest BCUT2D eigenvalue weighted by Gasteiger charge is 2.22. The number of nitrogens with two attached hydrogens (primary N) is 1. The van der Waals surface area contributed by atoms with E-state index in [1.807, 2.05) is 13.8 Å². The van der Waals surface area contributed by atoms with Gasteiger partial charge in [-0.25, -0.2) is 0 Å². The number of aliphatic hydroxyl groups excluding tert-OH is 1. The molecule has 1 unspecified atom stereocenters. The monoisotopic (exact) mass is 245 g/mol. The highest BCUT2D eigenvalue weighted by molar-refractivity contribution is 5.85. The molecule has 0 amide bonds. The van der Waals surface area contributed by atoms with Crippen molar-refractivity contribution in [2.45, 2.75) is 40.0 Å². The third kappa shape index (κ3) is 7.18. The van der Waals surface area contributed by atoms with Gasteiger partial charge in [-0.2, -0.15) is 0 Å². The fraction of sp³-hybridized carbons (Fsp3) is 0.917. The van der Waals surface area contributed by atoms with Gasteiger partial charge in [0.25, 0.3) is 0 Å². The van der Waals surface area contributed by atoms with Crippen LogP contribution in [0.2, 0.25) is 0 Å². The minimum Gasteiger partial charge on any atom is -0.409 e. The number of nitrogens with zero attached hydrogens (tertiary/aromatic N) is 1. The Morgan fingerprint density at radius 3 is 2.65 bits per heavy atom. The summed E-state index contributed by atoms with van der Waals surface area (Å²) in [5.74, 6) is 0.781. The summed E-state index contributed by atoms with van der Waals surface area (Å²) in [7, 11) is 0. The Kier molecular flexibility index (Phi) is 7.91. The van der Waals surface area contributed by atoms with E-state index in [0.717, 1.165) is 32.4 Å². The second-order valence-electron chi connectivity index (χ2n) is 5.29. The predicted molar refractivity (Wildman–Crippen MR) is 70.2 cm³/mol. The van der Waals surface area contributed by atoms with Crippen molar-refractivity contribution in [2.24, 2.45) is 22.2 Å².